The molecule has 0 radical (unpaired) electrons. The summed E-state index contributed by atoms with van der Waals surface area (Å²) < 4.78 is 38.5. The topological polar surface area (TPSA) is 102 Å². The molecule has 1 fully saturated rings. The molecule has 1 aliphatic heterocycles. The number of hydrogen-bond acceptors (Lipinski definition) is 6. The van der Waals surface area contributed by atoms with Crippen LogP contribution in [-0.4, -0.2) is 41.1 Å². The maximum atomic E-state index is 13.0. The second-order valence-electron chi connectivity index (χ2n) is 6.61. The quantitative estimate of drug-likeness (QED) is 0.724. The van der Waals surface area contributed by atoms with Crippen molar-refractivity contribution >= 4 is 33.3 Å². The highest BCUT2D eigenvalue weighted by molar-refractivity contribution is 7.92. The number of amides is 1. The van der Waals surface area contributed by atoms with Gasteiger partial charge in [-0.15, -0.1) is 0 Å². The van der Waals surface area contributed by atoms with Gasteiger partial charge in [0.25, 0.3) is 10.0 Å². The molecular weight excluding hydrogens is 396 g/mol. The Morgan fingerprint density at radius 2 is 1.90 bits per heavy atom. The van der Waals surface area contributed by atoms with Gasteiger partial charge in [0.05, 0.1) is 36.1 Å². The minimum Gasteiger partial charge on any atom is -0.495 e. The minimum atomic E-state index is -3.98. The number of carbonyl (C=O) groups excluding carboxylic acids is 2. The van der Waals surface area contributed by atoms with E-state index >= 15 is 0 Å². The highest BCUT2D eigenvalue weighted by Crippen LogP contribution is 2.34. The molecule has 1 N–H and O–H groups in total. The number of aryl methyl sites for hydroxylation is 1. The Bertz CT molecular complexity index is 1060. The average molecular weight is 418 g/mol. The van der Waals surface area contributed by atoms with Gasteiger partial charge in [-0.1, -0.05) is 6.07 Å². The van der Waals surface area contributed by atoms with Crippen molar-refractivity contribution in [3.63, 3.8) is 0 Å². The van der Waals surface area contributed by atoms with Crippen molar-refractivity contribution in [3.8, 4) is 5.75 Å². The second-order valence-corrected chi connectivity index (χ2v) is 8.29. The highest BCUT2D eigenvalue weighted by Gasteiger charge is 2.27. The molecule has 0 saturated carbocycles. The summed E-state index contributed by atoms with van der Waals surface area (Å²) in [6, 6.07) is 8.96. The fourth-order valence-electron chi connectivity index (χ4n) is 3.13. The molecule has 0 spiro atoms. The van der Waals surface area contributed by atoms with E-state index in [1.165, 1.54) is 43.4 Å². The first kappa shape index (κ1) is 20.7. The van der Waals surface area contributed by atoms with E-state index in [1.807, 2.05) is 0 Å². The third kappa shape index (κ3) is 4.19. The van der Waals surface area contributed by atoms with Crippen LogP contribution < -0.4 is 14.4 Å². The summed E-state index contributed by atoms with van der Waals surface area (Å²) in [5.74, 6) is -0.222. The van der Waals surface area contributed by atoms with Crippen LogP contribution in [0.3, 0.4) is 0 Å². The van der Waals surface area contributed by atoms with E-state index in [0.717, 1.165) is 0 Å². The molecule has 1 heterocycles. The van der Waals surface area contributed by atoms with Crippen molar-refractivity contribution in [2.75, 3.05) is 30.4 Å². The smallest absolute Gasteiger partial charge is 0.337 e. The Labute approximate surface area is 169 Å². The summed E-state index contributed by atoms with van der Waals surface area (Å²) in [7, 11) is -1.25. The number of hydrogen-bond donors (Lipinski definition) is 1. The summed E-state index contributed by atoms with van der Waals surface area (Å²) in [5, 5.41) is 0. The van der Waals surface area contributed by atoms with Gasteiger partial charge >= 0.3 is 5.97 Å². The van der Waals surface area contributed by atoms with Gasteiger partial charge in [-0.2, -0.15) is 0 Å². The summed E-state index contributed by atoms with van der Waals surface area (Å²) in [4.78, 5) is 25.4. The zero-order chi connectivity index (χ0) is 21.2. The summed E-state index contributed by atoms with van der Waals surface area (Å²) >= 11 is 0. The van der Waals surface area contributed by atoms with Crippen LogP contribution in [0.5, 0.6) is 5.75 Å². The molecule has 8 nitrogen and oxygen atoms in total. The van der Waals surface area contributed by atoms with Crippen LogP contribution in [0.4, 0.5) is 11.4 Å². The van der Waals surface area contributed by atoms with Gasteiger partial charge in [-0.3, -0.25) is 9.52 Å². The van der Waals surface area contributed by atoms with E-state index in [9.17, 15) is 18.0 Å². The van der Waals surface area contributed by atoms with Gasteiger partial charge in [0.1, 0.15) is 5.75 Å². The fourth-order valence-corrected chi connectivity index (χ4v) is 4.27. The predicted molar refractivity (Wildman–Crippen MR) is 108 cm³/mol. The van der Waals surface area contributed by atoms with Gasteiger partial charge in [0.2, 0.25) is 5.91 Å². The van der Waals surface area contributed by atoms with E-state index in [0.29, 0.717) is 36.4 Å². The average Bonchev–Trinajstić information content (AvgIpc) is 3.14. The maximum absolute atomic E-state index is 13.0. The Kier molecular flexibility index (Phi) is 5.78. The molecule has 9 heteroatoms. The molecule has 29 heavy (non-hydrogen) atoms. The number of nitrogens with zero attached hydrogens (tertiary/aromatic N) is 1. The maximum Gasteiger partial charge on any atom is 0.337 e. The van der Waals surface area contributed by atoms with Crippen LogP contribution in [0.2, 0.25) is 0 Å². The molecule has 0 unspecified atom stereocenters. The van der Waals surface area contributed by atoms with Gasteiger partial charge in [-0.25, -0.2) is 13.2 Å². The van der Waals surface area contributed by atoms with Crippen LogP contribution in [0.15, 0.2) is 41.3 Å². The lowest BCUT2D eigenvalue weighted by Crippen LogP contribution is -2.25. The summed E-state index contributed by atoms with van der Waals surface area (Å²) in [6.45, 7) is 2.23. The third-order valence-electron chi connectivity index (χ3n) is 4.73. The van der Waals surface area contributed by atoms with E-state index < -0.39 is 16.0 Å². The van der Waals surface area contributed by atoms with Crippen molar-refractivity contribution < 1.29 is 27.5 Å². The Morgan fingerprint density at radius 1 is 1.14 bits per heavy atom. The molecule has 3 rings (SSSR count). The number of ether oxygens (including phenoxy) is 2. The largest absolute Gasteiger partial charge is 0.495 e. The summed E-state index contributed by atoms with van der Waals surface area (Å²) in [6.07, 6.45) is 1.12. The lowest BCUT2D eigenvalue weighted by molar-refractivity contribution is -0.117. The monoisotopic (exact) mass is 418 g/mol. The summed E-state index contributed by atoms with van der Waals surface area (Å²) in [5.41, 5.74) is 1.55. The number of sulfonamides is 1. The molecule has 2 aromatic carbocycles. The zero-order valence-corrected chi connectivity index (χ0v) is 17.2. The second kappa shape index (κ2) is 8.12. The molecule has 1 aliphatic rings. The molecule has 0 bridgehead atoms. The van der Waals surface area contributed by atoms with E-state index in [4.69, 9.17) is 4.74 Å². The van der Waals surface area contributed by atoms with Crippen molar-refractivity contribution in [3.05, 3.63) is 47.5 Å². The highest BCUT2D eigenvalue weighted by atomic mass is 32.2. The fraction of sp³-hybridized carbons (Fsp3) is 0.300. The molecule has 0 aromatic heterocycles. The van der Waals surface area contributed by atoms with Crippen LogP contribution in [-0.2, 0) is 19.6 Å². The Balaban J connectivity index is 1.98. The SMILES string of the molecule is COC(=O)c1ccc(C)c(NS(=O)(=O)c2ccc(OC)c(N3CCCC3=O)c2)c1. The lowest BCUT2D eigenvalue weighted by Gasteiger charge is -2.20. The van der Waals surface area contributed by atoms with Gasteiger partial charge in [0, 0.05) is 13.0 Å². The van der Waals surface area contributed by atoms with E-state index in [-0.39, 0.29) is 22.1 Å². The van der Waals surface area contributed by atoms with Crippen molar-refractivity contribution in [2.24, 2.45) is 0 Å². The van der Waals surface area contributed by atoms with Crippen molar-refractivity contribution in [2.45, 2.75) is 24.7 Å². The minimum absolute atomic E-state index is 0.0177. The van der Waals surface area contributed by atoms with Gasteiger partial charge in [-0.05, 0) is 49.2 Å². The molecule has 1 amide bonds. The molecule has 2 aromatic rings. The van der Waals surface area contributed by atoms with Crippen molar-refractivity contribution in [1.82, 2.24) is 0 Å². The van der Waals surface area contributed by atoms with Crippen molar-refractivity contribution in [1.29, 1.82) is 0 Å². The molecule has 0 aliphatic carbocycles. The standard InChI is InChI=1S/C20H22N2O6S/c1-13-6-7-14(20(24)28-3)11-16(13)21-29(25,26)15-8-9-18(27-2)17(12-15)22-10-4-5-19(22)23/h6-9,11-12,21H,4-5,10H2,1-3H3. The number of carbonyl (C=O) groups is 2. The number of methoxy groups -OCH3 is 2. The predicted octanol–water partition coefficient (Wildman–Crippen LogP) is 2.72. The molecular formula is C20H22N2O6S. The Morgan fingerprint density at radius 3 is 2.52 bits per heavy atom. The number of anilines is 2. The van der Waals surface area contributed by atoms with Crippen LogP contribution in [0.1, 0.15) is 28.8 Å². The number of esters is 1. The first-order valence-corrected chi connectivity index (χ1v) is 10.5. The lowest BCUT2D eigenvalue weighted by atomic mass is 10.1. The van der Waals surface area contributed by atoms with Crippen LogP contribution >= 0.6 is 0 Å². The number of rotatable bonds is 6. The van der Waals surface area contributed by atoms with Crippen LogP contribution in [0.25, 0.3) is 0 Å². The zero-order valence-electron chi connectivity index (χ0n) is 16.4. The molecule has 1 saturated heterocycles. The van der Waals surface area contributed by atoms with Gasteiger partial charge in [0.15, 0.2) is 0 Å². The third-order valence-corrected chi connectivity index (χ3v) is 6.09. The van der Waals surface area contributed by atoms with E-state index in [1.54, 1.807) is 19.1 Å². The molecule has 154 valence electrons. The normalized spacial score (nSPS) is 14.0. The molecule has 0 atom stereocenters. The first-order chi connectivity index (χ1) is 13.8. The van der Waals surface area contributed by atoms with E-state index in [2.05, 4.69) is 9.46 Å². The first-order valence-electron chi connectivity index (χ1n) is 8.97. The Hall–Kier alpha value is -3.07. The number of benzene rings is 2. The van der Waals surface area contributed by atoms with Crippen LogP contribution in [0, 0.1) is 6.92 Å². The van der Waals surface area contributed by atoms with Gasteiger partial charge < -0.3 is 14.4 Å². The number of nitrogens with one attached hydrogen (secondary N) is 1.